The molecule has 0 heterocycles. The van der Waals surface area contributed by atoms with Gasteiger partial charge in [0, 0.05) is 19.3 Å². The molecule has 0 amide bonds. The second-order valence-electron chi connectivity index (χ2n) is 18.8. The molecule has 0 aliphatic carbocycles. The zero-order valence-electron chi connectivity index (χ0n) is 41.3. The molecule has 0 bridgehead atoms. The smallest absolute Gasteiger partial charge is 0.362 e. The van der Waals surface area contributed by atoms with Crippen molar-refractivity contribution >= 4 is 17.9 Å². The summed E-state index contributed by atoms with van der Waals surface area (Å²) < 4.78 is 17.4. The van der Waals surface area contributed by atoms with E-state index in [4.69, 9.17) is 14.2 Å². The zero-order valence-corrected chi connectivity index (χ0v) is 41.3. The number of aliphatic carboxylic acids is 1. The minimum absolute atomic E-state index is 0.0494. The Hall–Kier alpha value is -2.45. The number of esters is 2. The Kier molecular flexibility index (Phi) is 43.3. The van der Waals surface area contributed by atoms with Gasteiger partial charge < -0.3 is 23.8 Å². The highest BCUT2D eigenvalue weighted by Crippen LogP contribution is 2.16. The average molecular weight is 875 g/mol. The first-order valence-electron chi connectivity index (χ1n) is 26.0. The average Bonchev–Trinajstić information content (AvgIpc) is 3.23. The topological polar surface area (TPSA) is 99.1 Å². The first kappa shape index (κ1) is 59.5. The third-order valence-electron chi connectivity index (χ3n) is 11.8. The number of ether oxygens (including phenoxy) is 3. The lowest BCUT2D eigenvalue weighted by atomic mass is 10.0. The van der Waals surface area contributed by atoms with E-state index < -0.39 is 18.1 Å². The third-order valence-corrected chi connectivity index (χ3v) is 11.8. The molecule has 8 heteroatoms. The fourth-order valence-electron chi connectivity index (χ4n) is 7.81. The van der Waals surface area contributed by atoms with E-state index >= 15 is 0 Å². The minimum atomic E-state index is -0.873. The number of hydrogen-bond acceptors (Lipinski definition) is 6. The molecule has 0 aliphatic heterocycles. The Labute approximate surface area is 383 Å². The molecule has 0 aromatic heterocycles. The molecular formula is C54H100NO7+. The maximum atomic E-state index is 12.8. The van der Waals surface area contributed by atoms with Crippen LogP contribution in [0.5, 0.6) is 0 Å². The van der Waals surface area contributed by atoms with Crippen molar-refractivity contribution in [1.82, 2.24) is 0 Å². The molecule has 0 rings (SSSR count). The lowest BCUT2D eigenvalue weighted by Crippen LogP contribution is -2.50. The summed E-state index contributed by atoms with van der Waals surface area (Å²) in [4.78, 5) is 37.2. The van der Waals surface area contributed by atoms with E-state index in [1.165, 1.54) is 141 Å². The van der Waals surface area contributed by atoms with Crippen molar-refractivity contribution in [3.05, 3.63) is 36.5 Å². The molecule has 0 aromatic carbocycles. The van der Waals surface area contributed by atoms with Crippen molar-refractivity contribution in [1.29, 1.82) is 0 Å². The normalized spacial score (nSPS) is 13.1. The van der Waals surface area contributed by atoms with Crippen molar-refractivity contribution in [3.8, 4) is 0 Å². The van der Waals surface area contributed by atoms with Gasteiger partial charge in [0.1, 0.15) is 6.61 Å². The number of allylic oxidation sites excluding steroid dienone is 6. The van der Waals surface area contributed by atoms with Crippen molar-refractivity contribution in [3.63, 3.8) is 0 Å². The molecule has 1 N–H and O–H groups in total. The maximum absolute atomic E-state index is 12.8. The van der Waals surface area contributed by atoms with Crippen molar-refractivity contribution in [2.45, 2.75) is 251 Å². The number of quaternary nitrogens is 1. The zero-order chi connectivity index (χ0) is 45.6. The van der Waals surface area contributed by atoms with Gasteiger partial charge in [0.15, 0.2) is 12.1 Å². The van der Waals surface area contributed by atoms with E-state index in [0.29, 0.717) is 19.3 Å². The van der Waals surface area contributed by atoms with Gasteiger partial charge in [-0.3, -0.25) is 9.59 Å². The fourth-order valence-corrected chi connectivity index (χ4v) is 7.81. The molecule has 0 spiro atoms. The number of likely N-dealkylation sites (N-methyl/N-ethyl adjacent to an activating group) is 1. The highest BCUT2D eigenvalue weighted by molar-refractivity contribution is 5.72. The summed E-state index contributed by atoms with van der Waals surface area (Å²) in [6.07, 6.45) is 53.3. The van der Waals surface area contributed by atoms with Gasteiger partial charge in [-0.1, -0.05) is 211 Å². The van der Waals surface area contributed by atoms with Crippen LogP contribution in [0.2, 0.25) is 0 Å². The number of carboxylic acids is 1. The van der Waals surface area contributed by atoms with Crippen molar-refractivity contribution < 1.29 is 38.2 Å². The van der Waals surface area contributed by atoms with Gasteiger partial charge >= 0.3 is 17.9 Å². The van der Waals surface area contributed by atoms with Gasteiger partial charge in [0.05, 0.1) is 34.4 Å². The van der Waals surface area contributed by atoms with E-state index in [-0.39, 0.29) is 36.2 Å². The van der Waals surface area contributed by atoms with E-state index in [2.05, 4.69) is 50.3 Å². The van der Waals surface area contributed by atoms with Gasteiger partial charge in [-0.15, -0.1) is 0 Å². The largest absolute Gasteiger partial charge is 0.477 e. The van der Waals surface area contributed by atoms with Gasteiger partial charge in [-0.2, -0.15) is 0 Å². The standard InChI is InChI=1S/C54H99NO7/c1-6-8-10-12-14-16-18-20-22-24-26-28-30-32-34-36-38-40-42-44-52(56)61-49-50(48-60-47-46-51(54(58)59)55(3,4)5)62-53(57)45-43-41-39-37-35-33-31-29-27-25-23-21-19-17-15-13-11-9-7-2/h9,11,15,17,21,23,50-51H,6-8,10,12-14,16,18-20,22,24-49H2,1-5H3/p+1/b11-9+,17-15+,23-21+. The van der Waals surface area contributed by atoms with Crippen LogP contribution in [0.1, 0.15) is 239 Å². The Morgan fingerprint density at radius 2 is 0.903 bits per heavy atom. The quantitative estimate of drug-likeness (QED) is 0.0281. The van der Waals surface area contributed by atoms with Gasteiger partial charge in [-0.25, -0.2) is 4.79 Å². The molecule has 0 saturated heterocycles. The highest BCUT2D eigenvalue weighted by Gasteiger charge is 2.31. The van der Waals surface area contributed by atoms with Gasteiger partial charge in [0.2, 0.25) is 0 Å². The van der Waals surface area contributed by atoms with E-state index in [1.807, 2.05) is 21.1 Å². The van der Waals surface area contributed by atoms with Gasteiger partial charge in [-0.05, 0) is 44.9 Å². The predicted octanol–water partition coefficient (Wildman–Crippen LogP) is 15.0. The SMILES string of the molecule is CC/C=C/C/C=C/C/C=C/CCCCCCCCCCCC(=O)OC(COCCC(C(=O)O)[N+](C)(C)C)COC(=O)CCCCCCCCCCCCCCCCCCCCC. The summed E-state index contributed by atoms with van der Waals surface area (Å²) in [5.41, 5.74) is 0. The molecule has 62 heavy (non-hydrogen) atoms. The molecule has 0 fully saturated rings. The van der Waals surface area contributed by atoms with E-state index in [0.717, 1.165) is 64.2 Å². The number of carbonyl (C=O) groups is 3. The van der Waals surface area contributed by atoms with Crippen molar-refractivity contribution in [2.75, 3.05) is 41.0 Å². The number of nitrogens with zero attached hydrogens (tertiary/aromatic N) is 1. The lowest BCUT2D eigenvalue weighted by Gasteiger charge is -2.31. The molecular weight excluding hydrogens is 775 g/mol. The van der Waals surface area contributed by atoms with E-state index in [9.17, 15) is 19.5 Å². The van der Waals surface area contributed by atoms with Crippen LogP contribution < -0.4 is 0 Å². The first-order chi connectivity index (χ1) is 30.1. The fraction of sp³-hybridized carbons (Fsp3) is 0.833. The third kappa shape index (κ3) is 42.8. The van der Waals surface area contributed by atoms with Gasteiger partial charge in [0.25, 0.3) is 0 Å². The van der Waals surface area contributed by atoms with Crippen LogP contribution in [0, 0.1) is 0 Å². The van der Waals surface area contributed by atoms with E-state index in [1.54, 1.807) is 0 Å². The molecule has 362 valence electrons. The van der Waals surface area contributed by atoms with Crippen LogP contribution in [-0.4, -0.2) is 80.6 Å². The second kappa shape index (κ2) is 45.1. The van der Waals surface area contributed by atoms with Crippen LogP contribution in [-0.2, 0) is 28.6 Å². The first-order valence-corrected chi connectivity index (χ1v) is 26.0. The molecule has 0 radical (unpaired) electrons. The molecule has 2 unspecified atom stereocenters. The Morgan fingerprint density at radius 1 is 0.500 bits per heavy atom. The summed E-state index contributed by atoms with van der Waals surface area (Å²) in [7, 11) is 5.54. The summed E-state index contributed by atoms with van der Waals surface area (Å²) in [6.45, 7) is 4.66. The summed E-state index contributed by atoms with van der Waals surface area (Å²) in [5.74, 6) is -1.46. The number of unbranched alkanes of at least 4 members (excludes halogenated alkanes) is 27. The predicted molar refractivity (Wildman–Crippen MR) is 261 cm³/mol. The van der Waals surface area contributed by atoms with Crippen molar-refractivity contribution in [2.24, 2.45) is 0 Å². The lowest BCUT2D eigenvalue weighted by molar-refractivity contribution is -0.887. The van der Waals surface area contributed by atoms with Crippen LogP contribution in [0.25, 0.3) is 0 Å². The summed E-state index contributed by atoms with van der Waals surface area (Å²) >= 11 is 0. The van der Waals surface area contributed by atoms with Crippen LogP contribution in [0.3, 0.4) is 0 Å². The number of rotatable bonds is 47. The molecule has 0 saturated carbocycles. The monoisotopic (exact) mass is 875 g/mol. The second-order valence-corrected chi connectivity index (χ2v) is 18.8. The maximum Gasteiger partial charge on any atom is 0.362 e. The number of hydrogen-bond donors (Lipinski definition) is 1. The van der Waals surface area contributed by atoms with Crippen LogP contribution in [0.4, 0.5) is 0 Å². The van der Waals surface area contributed by atoms with Crippen LogP contribution in [0.15, 0.2) is 36.5 Å². The molecule has 2 atom stereocenters. The summed E-state index contributed by atoms with van der Waals surface area (Å²) in [5, 5.41) is 9.66. The number of carbonyl (C=O) groups excluding carboxylic acids is 2. The Bertz CT molecular complexity index is 1110. The summed E-state index contributed by atoms with van der Waals surface area (Å²) in [6, 6.07) is -0.615. The minimum Gasteiger partial charge on any atom is -0.477 e. The molecule has 0 aliphatic rings. The highest BCUT2D eigenvalue weighted by atomic mass is 16.6. The van der Waals surface area contributed by atoms with Crippen LogP contribution >= 0.6 is 0 Å². The Morgan fingerprint density at radius 3 is 1.34 bits per heavy atom. The number of carboxylic acid groups (broad SMARTS) is 1. The Balaban J connectivity index is 4.21. The molecule has 0 aromatic rings. The molecule has 8 nitrogen and oxygen atoms in total.